The van der Waals surface area contributed by atoms with Crippen LogP contribution in [-0.2, 0) is 19.6 Å². The van der Waals surface area contributed by atoms with Crippen molar-refractivity contribution in [2.75, 3.05) is 19.0 Å². The van der Waals surface area contributed by atoms with Gasteiger partial charge in [0.2, 0.25) is 0 Å². The summed E-state index contributed by atoms with van der Waals surface area (Å²) < 4.78 is 40.1. The van der Waals surface area contributed by atoms with Crippen LogP contribution in [0.2, 0.25) is 0 Å². The number of carbonyl (C=O) groups is 2. The summed E-state index contributed by atoms with van der Waals surface area (Å²) in [6, 6.07) is 0. The quantitative estimate of drug-likeness (QED) is 0.613. The van der Waals surface area contributed by atoms with E-state index in [0.29, 0.717) is 11.1 Å². The highest BCUT2D eigenvalue weighted by Crippen LogP contribution is 2.28. The number of ether oxygens (including phenoxy) is 2. The van der Waals surface area contributed by atoms with Gasteiger partial charge in [-0.25, -0.2) is 9.59 Å². The molecule has 0 radical (unpaired) electrons. The van der Waals surface area contributed by atoms with Crippen molar-refractivity contribution >= 4 is 22.1 Å². The molecule has 24 heavy (non-hydrogen) atoms. The molecule has 0 aromatic heterocycles. The molecular weight excluding hydrogens is 336 g/mol. The van der Waals surface area contributed by atoms with Crippen molar-refractivity contribution in [1.82, 2.24) is 0 Å². The Labute approximate surface area is 141 Å². The van der Waals surface area contributed by atoms with Gasteiger partial charge in [-0.15, -0.1) is 0 Å². The van der Waals surface area contributed by atoms with Gasteiger partial charge in [-0.2, -0.15) is 8.42 Å². The van der Waals surface area contributed by atoms with Crippen LogP contribution in [-0.4, -0.2) is 43.9 Å². The first-order valence-electron chi connectivity index (χ1n) is 7.41. The second-order valence-electron chi connectivity index (χ2n) is 5.39. The minimum atomic E-state index is -4.24. The molecule has 0 saturated carbocycles. The minimum Gasteiger partial charge on any atom is -0.462 e. The van der Waals surface area contributed by atoms with E-state index in [2.05, 4.69) is 0 Å². The molecule has 0 bridgehead atoms. The average Bonchev–Trinajstić information content (AvgIpc) is 2.47. The minimum absolute atomic E-state index is 0.0596. The predicted molar refractivity (Wildman–Crippen MR) is 88.0 cm³/mol. The van der Waals surface area contributed by atoms with E-state index in [9.17, 15) is 18.0 Å². The van der Waals surface area contributed by atoms with E-state index < -0.39 is 34.4 Å². The monoisotopic (exact) mass is 358 g/mol. The zero-order chi connectivity index (χ0) is 18.7. The molecule has 8 heteroatoms. The standard InChI is InChI=1S/C16H22O7S/c1-6-22-15(17)13-11(4)9(2)10(3)12(5)14(13)16(18)23-7-8-24(19,20)21/h6-8H2,1-5H3,(H,19,20,21). The lowest BCUT2D eigenvalue weighted by Crippen LogP contribution is -2.21. The second kappa shape index (κ2) is 7.76. The van der Waals surface area contributed by atoms with E-state index in [0.717, 1.165) is 11.1 Å². The number of hydrogen-bond donors (Lipinski definition) is 1. The number of carbonyl (C=O) groups excluding carboxylic acids is 2. The van der Waals surface area contributed by atoms with E-state index in [-0.39, 0.29) is 17.7 Å². The third-order valence-corrected chi connectivity index (χ3v) is 4.63. The Balaban J connectivity index is 3.34. The van der Waals surface area contributed by atoms with Crippen LogP contribution in [0.1, 0.15) is 49.9 Å². The van der Waals surface area contributed by atoms with Gasteiger partial charge in [0.1, 0.15) is 12.4 Å². The highest BCUT2D eigenvalue weighted by molar-refractivity contribution is 7.85. The third kappa shape index (κ3) is 4.55. The lowest BCUT2D eigenvalue weighted by molar-refractivity contribution is 0.0478. The van der Waals surface area contributed by atoms with Crippen molar-refractivity contribution < 1.29 is 32.0 Å². The highest BCUT2D eigenvalue weighted by Gasteiger charge is 2.27. The number of rotatable bonds is 6. The molecule has 0 atom stereocenters. The van der Waals surface area contributed by atoms with E-state index in [1.807, 2.05) is 13.8 Å². The lowest BCUT2D eigenvalue weighted by Gasteiger charge is -2.18. The van der Waals surface area contributed by atoms with Crippen LogP contribution in [0.5, 0.6) is 0 Å². The number of benzene rings is 1. The molecule has 0 spiro atoms. The highest BCUT2D eigenvalue weighted by atomic mass is 32.2. The molecule has 0 saturated heterocycles. The molecule has 134 valence electrons. The summed E-state index contributed by atoms with van der Waals surface area (Å²) in [5.74, 6) is -2.18. The first kappa shape index (κ1) is 20.1. The smallest absolute Gasteiger partial charge is 0.339 e. The van der Waals surface area contributed by atoms with Crippen LogP contribution in [0.4, 0.5) is 0 Å². The molecule has 0 heterocycles. The molecule has 0 aliphatic carbocycles. The Morgan fingerprint density at radius 3 is 1.67 bits per heavy atom. The summed E-state index contributed by atoms with van der Waals surface area (Å²) in [4.78, 5) is 24.7. The third-order valence-electron chi connectivity index (χ3n) is 3.95. The maximum absolute atomic E-state index is 12.4. The normalized spacial score (nSPS) is 11.2. The molecule has 0 fully saturated rings. The van der Waals surface area contributed by atoms with E-state index in [1.54, 1.807) is 20.8 Å². The van der Waals surface area contributed by atoms with Gasteiger partial charge in [-0.05, 0) is 56.9 Å². The van der Waals surface area contributed by atoms with E-state index >= 15 is 0 Å². The Morgan fingerprint density at radius 2 is 1.29 bits per heavy atom. The van der Waals surface area contributed by atoms with Crippen LogP contribution in [0.25, 0.3) is 0 Å². The first-order chi connectivity index (χ1) is 11.0. The van der Waals surface area contributed by atoms with Crippen LogP contribution >= 0.6 is 0 Å². The second-order valence-corrected chi connectivity index (χ2v) is 6.96. The Hall–Kier alpha value is -1.93. The van der Waals surface area contributed by atoms with Crippen molar-refractivity contribution in [1.29, 1.82) is 0 Å². The number of hydrogen-bond acceptors (Lipinski definition) is 6. The van der Waals surface area contributed by atoms with E-state index in [4.69, 9.17) is 14.0 Å². The molecular formula is C16H22O7S. The Bertz CT molecular complexity index is 763. The van der Waals surface area contributed by atoms with Gasteiger partial charge in [0.05, 0.1) is 17.7 Å². The zero-order valence-electron chi connectivity index (χ0n) is 14.4. The van der Waals surface area contributed by atoms with Crippen LogP contribution in [0.15, 0.2) is 0 Å². The van der Waals surface area contributed by atoms with Gasteiger partial charge in [0.15, 0.2) is 0 Å². The molecule has 0 aliphatic heterocycles. The van der Waals surface area contributed by atoms with Crippen molar-refractivity contribution in [3.8, 4) is 0 Å². The molecule has 7 nitrogen and oxygen atoms in total. The van der Waals surface area contributed by atoms with Crippen molar-refractivity contribution in [3.05, 3.63) is 33.4 Å². The van der Waals surface area contributed by atoms with E-state index in [1.165, 1.54) is 0 Å². The maximum Gasteiger partial charge on any atom is 0.339 e. The van der Waals surface area contributed by atoms with Gasteiger partial charge in [-0.1, -0.05) is 0 Å². The Kier molecular flexibility index (Phi) is 6.50. The fourth-order valence-corrected chi connectivity index (χ4v) is 2.63. The van der Waals surface area contributed by atoms with Crippen LogP contribution < -0.4 is 0 Å². The zero-order valence-corrected chi connectivity index (χ0v) is 15.2. The van der Waals surface area contributed by atoms with Gasteiger partial charge in [-0.3, -0.25) is 4.55 Å². The molecule has 1 aromatic carbocycles. The predicted octanol–water partition coefficient (Wildman–Crippen LogP) is 2.14. The summed E-state index contributed by atoms with van der Waals surface area (Å²) in [7, 11) is -4.24. The van der Waals surface area contributed by atoms with Crippen LogP contribution in [0, 0.1) is 27.7 Å². The summed E-state index contributed by atoms with van der Waals surface area (Å²) in [5, 5.41) is 0. The molecule has 1 aromatic rings. The molecule has 0 unspecified atom stereocenters. The topological polar surface area (TPSA) is 107 Å². The fraction of sp³-hybridized carbons (Fsp3) is 0.500. The average molecular weight is 358 g/mol. The molecule has 1 rings (SSSR count). The van der Waals surface area contributed by atoms with Crippen molar-refractivity contribution in [2.24, 2.45) is 0 Å². The van der Waals surface area contributed by atoms with Gasteiger partial charge < -0.3 is 9.47 Å². The molecule has 1 N–H and O–H groups in total. The van der Waals surface area contributed by atoms with Crippen molar-refractivity contribution in [3.63, 3.8) is 0 Å². The SMILES string of the molecule is CCOC(=O)c1c(C)c(C)c(C)c(C)c1C(=O)OCCS(=O)(=O)O. The summed E-state index contributed by atoms with van der Waals surface area (Å²) in [6.07, 6.45) is 0. The largest absolute Gasteiger partial charge is 0.462 e. The molecule has 0 amide bonds. The maximum atomic E-state index is 12.4. The first-order valence-corrected chi connectivity index (χ1v) is 9.01. The summed E-state index contributed by atoms with van der Waals surface area (Å²) >= 11 is 0. The van der Waals surface area contributed by atoms with Gasteiger partial charge in [0, 0.05) is 0 Å². The summed E-state index contributed by atoms with van der Waals surface area (Å²) in [5.41, 5.74) is 3.06. The summed E-state index contributed by atoms with van der Waals surface area (Å²) in [6.45, 7) is 8.36. The van der Waals surface area contributed by atoms with Gasteiger partial charge >= 0.3 is 11.9 Å². The van der Waals surface area contributed by atoms with Crippen LogP contribution in [0.3, 0.4) is 0 Å². The molecule has 0 aliphatic rings. The Morgan fingerprint density at radius 1 is 0.875 bits per heavy atom. The lowest BCUT2D eigenvalue weighted by atomic mass is 9.89. The van der Waals surface area contributed by atoms with Crippen molar-refractivity contribution in [2.45, 2.75) is 34.6 Å². The fourth-order valence-electron chi connectivity index (χ4n) is 2.34. The van der Waals surface area contributed by atoms with Gasteiger partial charge in [0.25, 0.3) is 10.1 Å². The number of esters is 2.